The largest absolute Gasteiger partial charge is 0.450 e. The molecule has 6 nitrogen and oxygen atoms in total. The van der Waals surface area contributed by atoms with E-state index in [1.165, 1.54) is 17.7 Å². The van der Waals surface area contributed by atoms with Gasteiger partial charge in [-0.05, 0) is 50.3 Å². The Hall–Kier alpha value is -1.58. The van der Waals surface area contributed by atoms with Crippen LogP contribution in [0.1, 0.15) is 38.2 Å². The molecule has 1 amide bonds. The Morgan fingerprint density at radius 3 is 2.46 bits per heavy atom. The van der Waals surface area contributed by atoms with Crippen molar-refractivity contribution < 1.29 is 13.9 Å². The highest BCUT2D eigenvalue weighted by molar-refractivity contribution is 14.0. The first-order valence-corrected chi connectivity index (χ1v) is 9.71. The summed E-state index contributed by atoms with van der Waals surface area (Å²) in [4.78, 5) is 17.9. The maximum atomic E-state index is 13.2. The second-order valence-corrected chi connectivity index (χ2v) is 7.32. The molecule has 1 aromatic carbocycles. The van der Waals surface area contributed by atoms with Gasteiger partial charge in [0.05, 0.1) is 6.61 Å². The number of ether oxygens (including phenoxy) is 1. The number of halogens is 2. The Labute approximate surface area is 183 Å². The van der Waals surface area contributed by atoms with Gasteiger partial charge < -0.3 is 20.3 Å². The normalized spacial score (nSPS) is 18.8. The van der Waals surface area contributed by atoms with Crippen molar-refractivity contribution >= 4 is 36.0 Å². The molecular weight excluding hydrogens is 474 g/mol. The molecule has 2 fully saturated rings. The van der Waals surface area contributed by atoms with E-state index in [0.717, 1.165) is 38.2 Å². The third kappa shape index (κ3) is 5.71. The summed E-state index contributed by atoms with van der Waals surface area (Å²) in [5.74, 6) is 0.576. The topological polar surface area (TPSA) is 66.0 Å². The molecule has 156 valence electrons. The summed E-state index contributed by atoms with van der Waals surface area (Å²) in [6.07, 6.45) is 3.69. The van der Waals surface area contributed by atoms with Crippen LogP contribution in [0, 0.1) is 5.82 Å². The first-order valence-electron chi connectivity index (χ1n) is 9.71. The van der Waals surface area contributed by atoms with Crippen LogP contribution in [0.15, 0.2) is 29.3 Å². The van der Waals surface area contributed by atoms with Crippen LogP contribution >= 0.6 is 24.0 Å². The van der Waals surface area contributed by atoms with Crippen LogP contribution in [-0.4, -0.2) is 56.3 Å². The van der Waals surface area contributed by atoms with Gasteiger partial charge in [-0.25, -0.2) is 9.18 Å². The van der Waals surface area contributed by atoms with E-state index in [1.54, 1.807) is 11.9 Å². The van der Waals surface area contributed by atoms with E-state index < -0.39 is 0 Å². The lowest BCUT2D eigenvalue weighted by Gasteiger charge is -2.32. The molecule has 1 heterocycles. The molecule has 1 aliphatic heterocycles. The molecule has 0 spiro atoms. The van der Waals surface area contributed by atoms with E-state index in [0.29, 0.717) is 19.7 Å². The molecule has 3 rings (SSSR count). The second kappa shape index (κ2) is 10.3. The molecule has 1 saturated carbocycles. The van der Waals surface area contributed by atoms with Gasteiger partial charge in [0.1, 0.15) is 5.82 Å². The number of hydrogen-bond acceptors (Lipinski definition) is 3. The van der Waals surface area contributed by atoms with Gasteiger partial charge in [-0.15, -0.1) is 24.0 Å². The van der Waals surface area contributed by atoms with Gasteiger partial charge in [0.15, 0.2) is 5.96 Å². The summed E-state index contributed by atoms with van der Waals surface area (Å²) >= 11 is 0. The van der Waals surface area contributed by atoms with E-state index in [9.17, 15) is 9.18 Å². The minimum atomic E-state index is -0.228. The van der Waals surface area contributed by atoms with Crippen molar-refractivity contribution in [1.82, 2.24) is 15.5 Å². The zero-order valence-electron chi connectivity index (χ0n) is 16.5. The SMILES string of the molecule is CCOC(=O)N1CCC(NC(=NC)NCC2(c3ccc(F)cc3)CC2)CC1.I. The number of benzene rings is 1. The first-order chi connectivity index (χ1) is 13.1. The van der Waals surface area contributed by atoms with E-state index in [2.05, 4.69) is 15.6 Å². The summed E-state index contributed by atoms with van der Waals surface area (Å²) < 4.78 is 18.2. The third-order valence-corrected chi connectivity index (χ3v) is 5.49. The molecule has 1 aromatic rings. The fraction of sp³-hybridized carbons (Fsp3) is 0.600. The maximum Gasteiger partial charge on any atom is 0.409 e. The average molecular weight is 504 g/mol. The lowest BCUT2D eigenvalue weighted by atomic mass is 9.96. The number of hydrogen-bond donors (Lipinski definition) is 2. The van der Waals surface area contributed by atoms with Crippen LogP contribution in [0.5, 0.6) is 0 Å². The fourth-order valence-electron chi connectivity index (χ4n) is 3.58. The van der Waals surface area contributed by atoms with E-state index in [4.69, 9.17) is 4.74 Å². The van der Waals surface area contributed by atoms with Crippen LogP contribution < -0.4 is 10.6 Å². The summed E-state index contributed by atoms with van der Waals surface area (Å²) in [6.45, 7) is 4.38. The number of rotatable bonds is 5. The predicted molar refractivity (Wildman–Crippen MR) is 119 cm³/mol. The highest BCUT2D eigenvalue weighted by Crippen LogP contribution is 2.47. The van der Waals surface area contributed by atoms with Gasteiger partial charge >= 0.3 is 6.09 Å². The monoisotopic (exact) mass is 504 g/mol. The Bertz CT molecular complexity index is 671. The predicted octanol–water partition coefficient (Wildman–Crippen LogP) is 3.26. The van der Waals surface area contributed by atoms with Gasteiger partial charge in [0, 0.05) is 38.1 Å². The molecule has 2 N–H and O–H groups in total. The minimum absolute atomic E-state index is 0. The molecule has 0 aromatic heterocycles. The lowest BCUT2D eigenvalue weighted by Crippen LogP contribution is -2.50. The van der Waals surface area contributed by atoms with Crippen LogP contribution in [0.25, 0.3) is 0 Å². The number of nitrogens with one attached hydrogen (secondary N) is 2. The molecule has 8 heteroatoms. The first kappa shape index (κ1) is 22.7. The van der Waals surface area contributed by atoms with E-state index in [1.807, 2.05) is 19.1 Å². The summed E-state index contributed by atoms with van der Waals surface area (Å²) in [6, 6.07) is 7.10. The summed E-state index contributed by atoms with van der Waals surface area (Å²) in [5, 5.41) is 6.88. The van der Waals surface area contributed by atoms with Crippen molar-refractivity contribution in [2.45, 2.75) is 44.1 Å². The molecule has 1 aliphatic carbocycles. The van der Waals surface area contributed by atoms with Gasteiger partial charge in [-0.3, -0.25) is 4.99 Å². The summed E-state index contributed by atoms with van der Waals surface area (Å²) in [7, 11) is 1.76. The highest BCUT2D eigenvalue weighted by Gasteiger charge is 2.44. The number of amides is 1. The van der Waals surface area contributed by atoms with Crippen molar-refractivity contribution in [2.75, 3.05) is 33.3 Å². The molecule has 1 saturated heterocycles. The van der Waals surface area contributed by atoms with Gasteiger partial charge in [-0.1, -0.05) is 12.1 Å². The van der Waals surface area contributed by atoms with E-state index >= 15 is 0 Å². The Kier molecular flexibility index (Phi) is 8.33. The number of nitrogens with zero attached hydrogens (tertiary/aromatic N) is 2. The van der Waals surface area contributed by atoms with Crippen LogP contribution in [0.4, 0.5) is 9.18 Å². The zero-order chi connectivity index (χ0) is 19.3. The Balaban J connectivity index is 0.00000280. The number of carbonyl (C=O) groups excluding carboxylic acids is 1. The molecule has 0 atom stereocenters. The standard InChI is InChI=1S/C20H29FN4O2.HI/c1-3-27-19(26)25-12-8-17(9-13-25)24-18(22-2)23-14-20(10-11-20)15-4-6-16(21)7-5-15;/h4-7,17H,3,8-14H2,1-2H3,(H2,22,23,24);1H. The fourth-order valence-corrected chi connectivity index (χ4v) is 3.58. The summed E-state index contributed by atoms with van der Waals surface area (Å²) in [5.41, 5.74) is 1.26. The quantitative estimate of drug-likeness (QED) is 0.367. The zero-order valence-corrected chi connectivity index (χ0v) is 18.9. The molecule has 2 aliphatic rings. The van der Waals surface area contributed by atoms with E-state index in [-0.39, 0.29) is 47.3 Å². The van der Waals surface area contributed by atoms with Crippen molar-refractivity contribution in [3.05, 3.63) is 35.6 Å². The number of piperidine rings is 1. The number of aliphatic imine (C=N–C) groups is 1. The lowest BCUT2D eigenvalue weighted by molar-refractivity contribution is 0.0963. The third-order valence-electron chi connectivity index (χ3n) is 5.49. The molecule has 0 unspecified atom stereocenters. The Morgan fingerprint density at radius 1 is 1.29 bits per heavy atom. The van der Waals surface area contributed by atoms with Crippen molar-refractivity contribution in [3.63, 3.8) is 0 Å². The second-order valence-electron chi connectivity index (χ2n) is 7.32. The smallest absolute Gasteiger partial charge is 0.409 e. The number of carbonyl (C=O) groups is 1. The van der Waals surface area contributed by atoms with Crippen molar-refractivity contribution in [3.8, 4) is 0 Å². The maximum absolute atomic E-state index is 13.2. The Morgan fingerprint density at radius 2 is 1.93 bits per heavy atom. The number of guanidine groups is 1. The van der Waals surface area contributed by atoms with Crippen LogP contribution in [0.3, 0.4) is 0 Å². The van der Waals surface area contributed by atoms with Gasteiger partial charge in [-0.2, -0.15) is 0 Å². The van der Waals surface area contributed by atoms with Gasteiger partial charge in [0.25, 0.3) is 0 Å². The van der Waals surface area contributed by atoms with Gasteiger partial charge in [0.2, 0.25) is 0 Å². The van der Waals surface area contributed by atoms with Crippen molar-refractivity contribution in [2.24, 2.45) is 4.99 Å². The molecular formula is C20H30FIN4O2. The number of likely N-dealkylation sites (tertiary alicyclic amines) is 1. The average Bonchev–Trinajstić information content (AvgIpc) is 3.47. The van der Waals surface area contributed by atoms with Crippen molar-refractivity contribution in [1.29, 1.82) is 0 Å². The minimum Gasteiger partial charge on any atom is -0.450 e. The molecule has 0 bridgehead atoms. The molecule has 28 heavy (non-hydrogen) atoms. The molecule has 0 radical (unpaired) electrons. The van der Waals surface area contributed by atoms with Crippen LogP contribution in [-0.2, 0) is 10.2 Å². The highest BCUT2D eigenvalue weighted by atomic mass is 127. The van der Waals surface area contributed by atoms with Crippen LogP contribution in [0.2, 0.25) is 0 Å².